The Morgan fingerprint density at radius 1 is 0.923 bits per heavy atom. The maximum absolute atomic E-state index is 14.1. The Morgan fingerprint density at radius 3 is 2.27 bits per heavy atom. The number of sulfonamides is 1. The molecule has 0 saturated heterocycles. The summed E-state index contributed by atoms with van der Waals surface area (Å²) in [6.45, 7) is 11.4. The molecule has 0 spiro atoms. The molecule has 0 atom stereocenters. The normalized spacial score (nSPS) is 12.2. The minimum absolute atomic E-state index is 0.0299. The third kappa shape index (κ3) is 7.91. The van der Waals surface area contributed by atoms with E-state index in [1.54, 1.807) is 37.3 Å². The Kier molecular flexibility index (Phi) is 10.4. The second kappa shape index (κ2) is 14.5. The van der Waals surface area contributed by atoms with Gasteiger partial charge in [-0.3, -0.25) is 8.86 Å². The highest BCUT2D eigenvalue weighted by Crippen LogP contribution is 2.41. The molecular formula is C37H38N6O7S2. The minimum Gasteiger partial charge on any atom is -0.507 e. The van der Waals surface area contributed by atoms with E-state index in [1.807, 2.05) is 45.0 Å². The van der Waals surface area contributed by atoms with Crippen LogP contribution in [0.1, 0.15) is 38.8 Å². The number of aromatic hydroxyl groups is 1. The summed E-state index contributed by atoms with van der Waals surface area (Å²) in [6.07, 6.45) is 0. The first-order chi connectivity index (χ1) is 24.4. The number of azo groups is 1. The monoisotopic (exact) mass is 742 g/mol. The fourth-order valence-corrected chi connectivity index (χ4v) is 7.68. The van der Waals surface area contributed by atoms with E-state index < -0.39 is 42.4 Å². The van der Waals surface area contributed by atoms with Crippen molar-refractivity contribution in [1.82, 2.24) is 5.32 Å². The topological polar surface area (TPSA) is 204 Å². The molecule has 13 nitrogen and oxygen atoms in total. The third-order valence-electron chi connectivity index (χ3n) is 8.27. The number of fused-ring (bicyclic) bond motifs is 1. The van der Waals surface area contributed by atoms with Crippen molar-refractivity contribution in [1.29, 1.82) is 0 Å². The Bertz CT molecular complexity index is 2450. The molecule has 5 aromatic carbocycles. The van der Waals surface area contributed by atoms with Crippen molar-refractivity contribution in [2.45, 2.75) is 43.0 Å². The third-order valence-corrected chi connectivity index (χ3v) is 11.0. The summed E-state index contributed by atoms with van der Waals surface area (Å²) < 4.78 is 62.1. The molecule has 52 heavy (non-hydrogen) atoms. The highest BCUT2D eigenvalue weighted by atomic mass is 32.2. The minimum atomic E-state index is -4.62. The number of urea groups is 1. The number of phenolic OH excluding ortho intramolecular Hbond substituents is 1. The van der Waals surface area contributed by atoms with E-state index in [1.165, 1.54) is 34.6 Å². The second-order valence-electron chi connectivity index (χ2n) is 12.5. The van der Waals surface area contributed by atoms with Gasteiger partial charge in [-0.15, -0.1) is 10.2 Å². The van der Waals surface area contributed by atoms with Gasteiger partial charge in [-0.2, -0.15) is 8.42 Å². The van der Waals surface area contributed by atoms with Crippen molar-refractivity contribution in [3.63, 3.8) is 0 Å². The number of amides is 2. The van der Waals surface area contributed by atoms with Gasteiger partial charge in [0.05, 0.1) is 27.2 Å². The summed E-state index contributed by atoms with van der Waals surface area (Å²) in [5.41, 5.74) is 8.98. The van der Waals surface area contributed by atoms with E-state index in [0.29, 0.717) is 11.4 Å². The van der Waals surface area contributed by atoms with Gasteiger partial charge in [-0.05, 0) is 98.8 Å². The summed E-state index contributed by atoms with van der Waals surface area (Å²) in [5.74, 6) is -0.531. The summed E-state index contributed by atoms with van der Waals surface area (Å²) in [4.78, 5) is 12.3. The Labute approximate surface area is 302 Å². The lowest BCUT2D eigenvalue weighted by Crippen LogP contribution is -2.43. The Hall–Kier alpha value is -5.77. The molecule has 0 aliphatic carbocycles. The van der Waals surface area contributed by atoms with Gasteiger partial charge in [0.15, 0.2) is 0 Å². The number of rotatable bonds is 11. The average Bonchev–Trinajstić information content (AvgIpc) is 3.08. The van der Waals surface area contributed by atoms with Crippen LogP contribution in [0.25, 0.3) is 16.3 Å². The molecule has 0 heterocycles. The highest BCUT2D eigenvalue weighted by Gasteiger charge is 2.27. The van der Waals surface area contributed by atoms with Crippen LogP contribution >= 0.6 is 0 Å². The number of hydrogen-bond acceptors (Lipinski definition) is 9. The van der Waals surface area contributed by atoms with Crippen molar-refractivity contribution in [2.24, 2.45) is 10.2 Å². The summed E-state index contributed by atoms with van der Waals surface area (Å²) in [7, 11) is -8.84. The predicted octanol–water partition coefficient (Wildman–Crippen LogP) is 8.09. The molecule has 0 fully saturated rings. The first-order valence-electron chi connectivity index (χ1n) is 15.9. The second-order valence-corrected chi connectivity index (χ2v) is 15.7. The highest BCUT2D eigenvalue weighted by molar-refractivity contribution is 7.93. The lowest BCUT2D eigenvalue weighted by atomic mass is 9.92. The van der Waals surface area contributed by atoms with Gasteiger partial charge in [0, 0.05) is 18.3 Å². The van der Waals surface area contributed by atoms with E-state index >= 15 is 0 Å². The molecule has 0 unspecified atom stereocenters. The number of nitrogen functional groups attached to an aromatic ring is 1. The summed E-state index contributed by atoms with van der Waals surface area (Å²) in [5, 5.41) is 25.0. The summed E-state index contributed by atoms with van der Waals surface area (Å²) in [6, 6.07) is 24.4. The Balaban J connectivity index is 1.39. The molecule has 0 aromatic heterocycles. The van der Waals surface area contributed by atoms with Gasteiger partial charge < -0.3 is 21.5 Å². The van der Waals surface area contributed by atoms with Gasteiger partial charge in [0.1, 0.15) is 22.0 Å². The van der Waals surface area contributed by atoms with Crippen LogP contribution in [0, 0.1) is 0 Å². The smallest absolute Gasteiger partial charge is 0.319 e. The van der Waals surface area contributed by atoms with Gasteiger partial charge in [0.25, 0.3) is 20.1 Å². The molecule has 15 heteroatoms. The first kappa shape index (κ1) is 37.5. The first-order valence-corrected chi connectivity index (χ1v) is 18.8. The van der Waals surface area contributed by atoms with Crippen molar-refractivity contribution < 1.29 is 31.3 Å². The number of nitrogens with one attached hydrogen (secondary N) is 2. The molecule has 0 radical (unpaired) electrons. The standard InChI is InChI=1S/C37H38N6O7S2/c1-6-43(28-17-15-27(16-18-28)39-36(45)40-37(4,5)26-11-9-10-24(20-26)23(2)3)51(46,47)33-13-8-7-12-31(33)41-42-35-30(38)19-14-25-21-29(52(48,49)50)22-32(44)34(25)35/h7-22,44H,2,6,38H2,1,3-5H3,(H2,39,40,45)(H,48,49,50). The van der Waals surface area contributed by atoms with Crippen LogP contribution in [0.15, 0.2) is 124 Å². The maximum atomic E-state index is 14.1. The number of carbonyl (C=O) groups is 1. The average molecular weight is 743 g/mol. The number of phenols is 1. The Morgan fingerprint density at radius 2 is 1.62 bits per heavy atom. The van der Waals surface area contributed by atoms with Crippen LogP contribution in [0.4, 0.5) is 33.2 Å². The van der Waals surface area contributed by atoms with E-state index in [2.05, 4.69) is 27.4 Å². The number of nitrogens with zero attached hydrogens (tertiary/aromatic N) is 3. The van der Waals surface area contributed by atoms with E-state index in [9.17, 15) is 31.3 Å². The fraction of sp³-hybridized carbons (Fsp3) is 0.162. The van der Waals surface area contributed by atoms with E-state index in [0.717, 1.165) is 28.8 Å². The van der Waals surface area contributed by atoms with Crippen LogP contribution in [-0.4, -0.2) is 39.1 Å². The zero-order valence-electron chi connectivity index (χ0n) is 28.8. The molecule has 2 amide bonds. The molecular weight excluding hydrogens is 705 g/mol. The summed E-state index contributed by atoms with van der Waals surface area (Å²) >= 11 is 0. The van der Waals surface area contributed by atoms with Gasteiger partial charge >= 0.3 is 6.03 Å². The zero-order chi connectivity index (χ0) is 38.0. The molecule has 6 N–H and O–H groups in total. The van der Waals surface area contributed by atoms with Crippen molar-refractivity contribution >= 4 is 71.0 Å². The van der Waals surface area contributed by atoms with Crippen LogP contribution in [0.2, 0.25) is 0 Å². The molecule has 270 valence electrons. The number of carbonyl (C=O) groups excluding carboxylic acids is 1. The maximum Gasteiger partial charge on any atom is 0.319 e. The molecule has 5 aromatic rings. The van der Waals surface area contributed by atoms with Gasteiger partial charge in [0.2, 0.25) is 0 Å². The van der Waals surface area contributed by atoms with Crippen LogP contribution in [0.3, 0.4) is 0 Å². The largest absolute Gasteiger partial charge is 0.507 e. The van der Waals surface area contributed by atoms with Crippen LogP contribution in [-0.2, 0) is 25.7 Å². The predicted molar refractivity (Wildman–Crippen MR) is 203 cm³/mol. The van der Waals surface area contributed by atoms with Crippen molar-refractivity contribution in [2.75, 3.05) is 21.9 Å². The van der Waals surface area contributed by atoms with Gasteiger partial charge in [-0.25, -0.2) is 13.2 Å². The lowest BCUT2D eigenvalue weighted by molar-refractivity contribution is 0.242. The molecule has 0 bridgehead atoms. The molecule has 0 aliphatic rings. The number of benzene rings is 5. The quantitative estimate of drug-likeness (QED) is 0.0507. The van der Waals surface area contributed by atoms with Crippen LogP contribution < -0.4 is 20.7 Å². The zero-order valence-corrected chi connectivity index (χ0v) is 30.5. The van der Waals surface area contributed by atoms with Crippen molar-refractivity contribution in [3.05, 3.63) is 115 Å². The SMILES string of the molecule is C=C(C)c1cccc(C(C)(C)NC(=O)Nc2ccc(N(CC)S(=O)(=O)c3ccccc3N=Nc3c(N)ccc4cc(S(=O)(=O)O)cc(O)c34)cc2)c1. The van der Waals surface area contributed by atoms with E-state index in [-0.39, 0.29) is 39.3 Å². The number of nitrogens with two attached hydrogens (primary N) is 1. The number of allylic oxidation sites excluding steroid dienone is 1. The van der Waals surface area contributed by atoms with E-state index in [4.69, 9.17) is 5.73 Å². The molecule has 0 saturated carbocycles. The number of hydrogen-bond donors (Lipinski definition) is 5. The van der Waals surface area contributed by atoms with Crippen LogP contribution in [0.5, 0.6) is 5.75 Å². The van der Waals surface area contributed by atoms with Gasteiger partial charge in [-0.1, -0.05) is 48.6 Å². The lowest BCUT2D eigenvalue weighted by Gasteiger charge is -2.28. The fourth-order valence-electron chi connectivity index (χ4n) is 5.55. The molecule has 0 aliphatic heterocycles. The number of anilines is 3. The molecule has 5 rings (SSSR count). The van der Waals surface area contributed by atoms with Crippen molar-refractivity contribution in [3.8, 4) is 5.75 Å².